The number of carbonyl (C=O) groups excluding carboxylic acids is 1. The summed E-state index contributed by atoms with van der Waals surface area (Å²) in [7, 11) is 1.61. The number of hydrogen-bond donors (Lipinski definition) is 1. The standard InChI is InChI=1S/C18H21NO3S/c1-4-16(22-14-11-9-13(21-2)10-12-14)18(20)19-15-7-5-6-8-17(15)23-3/h5-12,16H,4H2,1-3H3,(H,19,20)/t16-/m1/s1. The van der Waals surface area contributed by atoms with E-state index in [1.165, 1.54) is 0 Å². The van der Waals surface area contributed by atoms with Crippen molar-refractivity contribution in [3.63, 3.8) is 0 Å². The highest BCUT2D eigenvalue weighted by molar-refractivity contribution is 7.98. The Kier molecular flexibility index (Phi) is 6.35. The lowest BCUT2D eigenvalue weighted by atomic mass is 10.2. The van der Waals surface area contributed by atoms with E-state index in [4.69, 9.17) is 9.47 Å². The van der Waals surface area contributed by atoms with E-state index in [1.54, 1.807) is 31.0 Å². The number of carbonyl (C=O) groups is 1. The molecule has 0 aliphatic heterocycles. The van der Waals surface area contributed by atoms with Crippen LogP contribution >= 0.6 is 11.8 Å². The Labute approximate surface area is 141 Å². The maximum atomic E-state index is 12.5. The predicted octanol–water partition coefficient (Wildman–Crippen LogP) is 4.21. The monoisotopic (exact) mass is 331 g/mol. The Morgan fingerprint density at radius 3 is 2.39 bits per heavy atom. The van der Waals surface area contributed by atoms with Crippen molar-refractivity contribution >= 4 is 23.4 Å². The number of para-hydroxylation sites is 1. The van der Waals surface area contributed by atoms with Gasteiger partial charge in [0.05, 0.1) is 12.8 Å². The topological polar surface area (TPSA) is 47.6 Å². The van der Waals surface area contributed by atoms with Crippen molar-refractivity contribution in [2.24, 2.45) is 0 Å². The molecule has 23 heavy (non-hydrogen) atoms. The van der Waals surface area contributed by atoms with Gasteiger partial charge in [-0.3, -0.25) is 4.79 Å². The van der Waals surface area contributed by atoms with E-state index < -0.39 is 6.10 Å². The van der Waals surface area contributed by atoms with Crippen LogP contribution in [0.25, 0.3) is 0 Å². The van der Waals surface area contributed by atoms with Gasteiger partial charge in [0.15, 0.2) is 6.10 Å². The Hall–Kier alpha value is -2.14. The van der Waals surface area contributed by atoms with E-state index in [1.807, 2.05) is 49.6 Å². The number of ether oxygens (including phenoxy) is 2. The average Bonchev–Trinajstić information content (AvgIpc) is 2.60. The lowest BCUT2D eigenvalue weighted by Crippen LogP contribution is -2.32. The Morgan fingerprint density at radius 2 is 1.78 bits per heavy atom. The molecule has 0 radical (unpaired) electrons. The first-order valence-electron chi connectivity index (χ1n) is 7.42. The molecule has 0 heterocycles. The van der Waals surface area contributed by atoms with Crippen molar-refractivity contribution in [1.29, 1.82) is 0 Å². The van der Waals surface area contributed by atoms with Crippen molar-refractivity contribution in [2.75, 3.05) is 18.7 Å². The minimum absolute atomic E-state index is 0.148. The number of hydrogen-bond acceptors (Lipinski definition) is 4. The fraction of sp³-hybridized carbons (Fsp3) is 0.278. The fourth-order valence-corrected chi connectivity index (χ4v) is 2.66. The first kappa shape index (κ1) is 17.2. The summed E-state index contributed by atoms with van der Waals surface area (Å²) in [5, 5.41) is 2.95. The molecule has 0 saturated heterocycles. The van der Waals surface area contributed by atoms with Crippen LogP contribution in [0.2, 0.25) is 0 Å². The Balaban J connectivity index is 2.05. The van der Waals surface area contributed by atoms with Crippen LogP contribution in [-0.2, 0) is 4.79 Å². The first-order chi connectivity index (χ1) is 11.2. The summed E-state index contributed by atoms with van der Waals surface area (Å²) in [4.78, 5) is 13.5. The van der Waals surface area contributed by atoms with Gasteiger partial charge >= 0.3 is 0 Å². The van der Waals surface area contributed by atoms with E-state index in [9.17, 15) is 4.79 Å². The smallest absolute Gasteiger partial charge is 0.265 e. The van der Waals surface area contributed by atoms with Gasteiger partial charge in [-0.25, -0.2) is 0 Å². The quantitative estimate of drug-likeness (QED) is 0.772. The number of nitrogens with one attached hydrogen (secondary N) is 1. The van der Waals surface area contributed by atoms with E-state index in [0.29, 0.717) is 12.2 Å². The van der Waals surface area contributed by atoms with Crippen molar-refractivity contribution < 1.29 is 14.3 Å². The van der Waals surface area contributed by atoms with Gasteiger partial charge in [-0.2, -0.15) is 0 Å². The summed E-state index contributed by atoms with van der Waals surface area (Å²) in [6.45, 7) is 1.92. The number of amides is 1. The highest BCUT2D eigenvalue weighted by atomic mass is 32.2. The number of thioether (sulfide) groups is 1. The summed E-state index contributed by atoms with van der Waals surface area (Å²) < 4.78 is 10.9. The van der Waals surface area contributed by atoms with Crippen molar-refractivity contribution in [1.82, 2.24) is 0 Å². The normalized spacial score (nSPS) is 11.6. The molecule has 1 atom stereocenters. The van der Waals surface area contributed by atoms with Gasteiger partial charge in [-0.1, -0.05) is 19.1 Å². The number of anilines is 1. The third-order valence-corrected chi connectivity index (χ3v) is 4.16. The molecule has 122 valence electrons. The van der Waals surface area contributed by atoms with Crippen LogP contribution in [0.15, 0.2) is 53.4 Å². The summed E-state index contributed by atoms with van der Waals surface area (Å²) >= 11 is 1.60. The highest BCUT2D eigenvalue weighted by Crippen LogP contribution is 2.25. The molecular formula is C18H21NO3S. The molecule has 5 heteroatoms. The molecule has 4 nitrogen and oxygen atoms in total. The van der Waals surface area contributed by atoms with Gasteiger partial charge < -0.3 is 14.8 Å². The summed E-state index contributed by atoms with van der Waals surface area (Å²) in [6.07, 6.45) is 2.02. The largest absolute Gasteiger partial charge is 0.497 e. The van der Waals surface area contributed by atoms with Crippen LogP contribution in [0.4, 0.5) is 5.69 Å². The third kappa shape index (κ3) is 4.66. The van der Waals surface area contributed by atoms with Gasteiger partial charge in [0.2, 0.25) is 0 Å². The summed E-state index contributed by atoms with van der Waals surface area (Å²) in [6, 6.07) is 14.9. The molecular weight excluding hydrogens is 310 g/mol. The molecule has 1 amide bonds. The van der Waals surface area contributed by atoms with E-state index in [2.05, 4.69) is 5.32 Å². The third-order valence-electron chi connectivity index (χ3n) is 3.37. The second-order valence-electron chi connectivity index (χ2n) is 4.88. The molecule has 0 spiro atoms. The molecule has 0 aliphatic rings. The van der Waals surface area contributed by atoms with Crippen LogP contribution < -0.4 is 14.8 Å². The van der Waals surface area contributed by atoms with E-state index >= 15 is 0 Å². The van der Waals surface area contributed by atoms with Crippen LogP contribution in [0.1, 0.15) is 13.3 Å². The molecule has 0 unspecified atom stereocenters. The second kappa shape index (κ2) is 8.48. The first-order valence-corrected chi connectivity index (χ1v) is 8.65. The molecule has 0 fully saturated rings. The zero-order valence-corrected chi connectivity index (χ0v) is 14.4. The van der Waals surface area contributed by atoms with Crippen molar-refractivity contribution in [3.05, 3.63) is 48.5 Å². The zero-order chi connectivity index (χ0) is 16.7. The highest BCUT2D eigenvalue weighted by Gasteiger charge is 2.19. The number of benzene rings is 2. The predicted molar refractivity (Wildman–Crippen MR) is 94.6 cm³/mol. The zero-order valence-electron chi connectivity index (χ0n) is 13.5. The van der Waals surface area contributed by atoms with Crippen LogP contribution in [0.3, 0.4) is 0 Å². The van der Waals surface area contributed by atoms with Crippen molar-refractivity contribution in [3.8, 4) is 11.5 Å². The molecule has 0 aliphatic carbocycles. The molecule has 0 saturated carbocycles. The summed E-state index contributed by atoms with van der Waals surface area (Å²) in [5.41, 5.74) is 0.807. The minimum Gasteiger partial charge on any atom is -0.497 e. The second-order valence-corrected chi connectivity index (χ2v) is 5.73. The molecule has 1 N–H and O–H groups in total. The van der Waals surface area contributed by atoms with E-state index in [-0.39, 0.29) is 5.91 Å². The maximum absolute atomic E-state index is 12.5. The van der Waals surface area contributed by atoms with Gasteiger partial charge in [0.25, 0.3) is 5.91 Å². The van der Waals surface area contributed by atoms with Crippen molar-refractivity contribution in [2.45, 2.75) is 24.3 Å². The van der Waals surface area contributed by atoms with Crippen LogP contribution in [0.5, 0.6) is 11.5 Å². The maximum Gasteiger partial charge on any atom is 0.265 e. The van der Waals surface area contributed by atoms with Gasteiger partial charge in [-0.15, -0.1) is 11.8 Å². The number of rotatable bonds is 7. The van der Waals surface area contributed by atoms with Gasteiger partial charge in [0, 0.05) is 4.90 Å². The lowest BCUT2D eigenvalue weighted by Gasteiger charge is -2.18. The van der Waals surface area contributed by atoms with E-state index in [0.717, 1.165) is 16.3 Å². The molecule has 0 bridgehead atoms. The van der Waals surface area contributed by atoms with Crippen LogP contribution in [0, 0.1) is 0 Å². The molecule has 0 aromatic heterocycles. The minimum atomic E-state index is -0.543. The Morgan fingerprint density at radius 1 is 1.13 bits per heavy atom. The SMILES string of the molecule is CC[C@@H](Oc1ccc(OC)cc1)C(=O)Nc1ccccc1SC. The Bertz CT molecular complexity index is 643. The number of methoxy groups -OCH3 is 1. The fourth-order valence-electron chi connectivity index (χ4n) is 2.10. The molecule has 2 aromatic rings. The lowest BCUT2D eigenvalue weighted by molar-refractivity contribution is -0.122. The average molecular weight is 331 g/mol. The van der Waals surface area contributed by atoms with Gasteiger partial charge in [0.1, 0.15) is 11.5 Å². The molecule has 2 rings (SSSR count). The molecule has 2 aromatic carbocycles. The van der Waals surface area contributed by atoms with Gasteiger partial charge in [-0.05, 0) is 49.1 Å². The van der Waals surface area contributed by atoms with Crippen LogP contribution in [-0.4, -0.2) is 25.4 Å². The summed E-state index contributed by atoms with van der Waals surface area (Å²) in [5.74, 6) is 1.25.